The van der Waals surface area contributed by atoms with Crippen LogP contribution in [0.4, 0.5) is 0 Å². The second kappa shape index (κ2) is 7.42. The van der Waals surface area contributed by atoms with Gasteiger partial charge in [-0.25, -0.2) is 0 Å². The first-order chi connectivity index (χ1) is 8.54. The largest absolute Gasteiger partial charge is 0.491 e. The van der Waals surface area contributed by atoms with Gasteiger partial charge in [0.25, 0.3) is 0 Å². The number of ether oxygens (including phenoxy) is 1. The molecule has 0 spiro atoms. The zero-order chi connectivity index (χ0) is 13.5. The van der Waals surface area contributed by atoms with Crippen molar-refractivity contribution in [3.8, 4) is 5.75 Å². The van der Waals surface area contributed by atoms with Gasteiger partial charge in [-0.15, -0.1) is 0 Å². The Morgan fingerprint density at radius 3 is 2.22 bits per heavy atom. The van der Waals surface area contributed by atoms with Crippen LogP contribution in [0.2, 0.25) is 0 Å². The summed E-state index contributed by atoms with van der Waals surface area (Å²) in [7, 11) is 0. The molecule has 0 aliphatic heterocycles. The fourth-order valence-corrected chi connectivity index (χ4v) is 2.03. The third-order valence-electron chi connectivity index (χ3n) is 3.15. The molecule has 102 valence electrons. The van der Waals surface area contributed by atoms with Gasteiger partial charge in [0.15, 0.2) is 0 Å². The monoisotopic (exact) mass is 250 g/mol. The average molecular weight is 250 g/mol. The molecule has 2 unspecified atom stereocenters. The minimum atomic E-state index is -0.371. The van der Waals surface area contributed by atoms with E-state index in [4.69, 9.17) is 4.74 Å². The molecule has 2 heteroatoms. The van der Waals surface area contributed by atoms with E-state index in [0.29, 0.717) is 5.92 Å². The molecule has 0 saturated carbocycles. The van der Waals surface area contributed by atoms with Crippen molar-refractivity contribution in [2.75, 3.05) is 0 Å². The van der Waals surface area contributed by atoms with Crippen molar-refractivity contribution in [2.45, 2.75) is 59.2 Å². The Morgan fingerprint density at radius 1 is 1.11 bits per heavy atom. The van der Waals surface area contributed by atoms with E-state index >= 15 is 0 Å². The second-order valence-corrected chi connectivity index (χ2v) is 5.30. The predicted octanol–water partition coefficient (Wildman–Crippen LogP) is 4.33. The quantitative estimate of drug-likeness (QED) is 0.780. The Labute approximate surface area is 111 Å². The molecule has 18 heavy (non-hydrogen) atoms. The van der Waals surface area contributed by atoms with Crippen LogP contribution in [0.5, 0.6) is 5.75 Å². The fraction of sp³-hybridized carbons (Fsp3) is 0.625. The lowest BCUT2D eigenvalue weighted by molar-refractivity contribution is 0.111. The van der Waals surface area contributed by atoms with Crippen molar-refractivity contribution in [3.05, 3.63) is 29.8 Å². The molecule has 1 aromatic rings. The highest BCUT2D eigenvalue weighted by molar-refractivity contribution is 5.28. The van der Waals surface area contributed by atoms with Gasteiger partial charge in [-0.1, -0.05) is 38.8 Å². The summed E-state index contributed by atoms with van der Waals surface area (Å²) in [5, 5.41) is 10.2. The molecule has 1 rings (SSSR count). The van der Waals surface area contributed by atoms with E-state index in [-0.39, 0.29) is 12.2 Å². The van der Waals surface area contributed by atoms with Crippen molar-refractivity contribution >= 4 is 0 Å². The molecular weight excluding hydrogens is 224 g/mol. The van der Waals surface area contributed by atoms with Gasteiger partial charge in [0, 0.05) is 0 Å². The number of benzene rings is 1. The van der Waals surface area contributed by atoms with Crippen molar-refractivity contribution < 1.29 is 9.84 Å². The lowest BCUT2D eigenvalue weighted by Gasteiger charge is -2.19. The zero-order valence-electron chi connectivity index (χ0n) is 12.0. The number of aliphatic hydroxyl groups is 1. The van der Waals surface area contributed by atoms with Crippen molar-refractivity contribution in [2.24, 2.45) is 5.92 Å². The Hall–Kier alpha value is -1.02. The van der Waals surface area contributed by atoms with Gasteiger partial charge >= 0.3 is 0 Å². The average Bonchev–Trinajstić information content (AvgIpc) is 2.35. The molecule has 2 atom stereocenters. The van der Waals surface area contributed by atoms with Crippen LogP contribution in [0, 0.1) is 5.92 Å². The highest BCUT2D eigenvalue weighted by atomic mass is 16.5. The highest BCUT2D eigenvalue weighted by Crippen LogP contribution is 2.27. The summed E-state index contributed by atoms with van der Waals surface area (Å²) in [5.41, 5.74) is 0.981. The van der Waals surface area contributed by atoms with E-state index in [1.807, 2.05) is 38.1 Å². The maximum absolute atomic E-state index is 10.2. The first kappa shape index (κ1) is 15.0. The van der Waals surface area contributed by atoms with E-state index < -0.39 is 0 Å². The van der Waals surface area contributed by atoms with Crippen LogP contribution in [0.3, 0.4) is 0 Å². The Bertz CT molecular complexity index is 329. The topological polar surface area (TPSA) is 29.5 Å². The molecule has 0 heterocycles. The second-order valence-electron chi connectivity index (χ2n) is 5.30. The number of hydrogen-bond acceptors (Lipinski definition) is 2. The minimum Gasteiger partial charge on any atom is -0.491 e. The summed E-state index contributed by atoms with van der Waals surface area (Å²) in [4.78, 5) is 0. The Balaban J connectivity index is 2.60. The van der Waals surface area contributed by atoms with Crippen LogP contribution in [-0.4, -0.2) is 11.2 Å². The Morgan fingerprint density at radius 2 is 1.72 bits per heavy atom. The third kappa shape index (κ3) is 4.69. The smallest absolute Gasteiger partial charge is 0.119 e. The standard InChI is InChI=1S/C16H26O2/c1-5-6-7-13(4)16(17)14-8-10-15(11-9-14)18-12(2)3/h8-13,16-17H,5-7H2,1-4H3. The van der Waals surface area contributed by atoms with E-state index in [0.717, 1.165) is 17.7 Å². The molecule has 0 amide bonds. The van der Waals surface area contributed by atoms with Crippen LogP contribution < -0.4 is 4.74 Å². The van der Waals surface area contributed by atoms with Crippen molar-refractivity contribution in [1.29, 1.82) is 0 Å². The van der Waals surface area contributed by atoms with E-state index in [1.54, 1.807) is 0 Å². The minimum absolute atomic E-state index is 0.184. The van der Waals surface area contributed by atoms with Gasteiger partial charge in [0.2, 0.25) is 0 Å². The lowest BCUT2D eigenvalue weighted by Crippen LogP contribution is -2.09. The van der Waals surface area contributed by atoms with Gasteiger partial charge in [-0.05, 0) is 43.9 Å². The summed E-state index contributed by atoms with van der Waals surface area (Å²) in [6.07, 6.45) is 3.24. The Kier molecular flexibility index (Phi) is 6.20. The lowest BCUT2D eigenvalue weighted by atomic mass is 9.93. The highest BCUT2D eigenvalue weighted by Gasteiger charge is 2.15. The third-order valence-corrected chi connectivity index (χ3v) is 3.15. The van der Waals surface area contributed by atoms with Crippen molar-refractivity contribution in [3.63, 3.8) is 0 Å². The van der Waals surface area contributed by atoms with Gasteiger partial charge in [-0.2, -0.15) is 0 Å². The molecule has 0 fully saturated rings. The van der Waals surface area contributed by atoms with E-state index in [1.165, 1.54) is 12.8 Å². The molecular formula is C16H26O2. The van der Waals surface area contributed by atoms with Gasteiger partial charge in [-0.3, -0.25) is 0 Å². The molecule has 0 aliphatic rings. The molecule has 0 radical (unpaired) electrons. The van der Waals surface area contributed by atoms with Crippen LogP contribution in [-0.2, 0) is 0 Å². The summed E-state index contributed by atoms with van der Waals surface area (Å²) < 4.78 is 5.59. The zero-order valence-corrected chi connectivity index (χ0v) is 12.0. The number of aliphatic hydroxyl groups excluding tert-OH is 1. The maximum Gasteiger partial charge on any atom is 0.119 e. The summed E-state index contributed by atoms with van der Waals surface area (Å²) >= 11 is 0. The summed E-state index contributed by atoms with van der Waals surface area (Å²) in [5.74, 6) is 1.17. The number of rotatable bonds is 7. The molecule has 0 saturated heterocycles. The van der Waals surface area contributed by atoms with Gasteiger partial charge in [0.05, 0.1) is 12.2 Å². The van der Waals surface area contributed by atoms with Crippen molar-refractivity contribution in [1.82, 2.24) is 0 Å². The van der Waals surface area contributed by atoms with Crippen LogP contribution >= 0.6 is 0 Å². The fourth-order valence-electron chi connectivity index (χ4n) is 2.03. The van der Waals surface area contributed by atoms with Gasteiger partial charge < -0.3 is 9.84 Å². The number of unbranched alkanes of at least 4 members (excludes halogenated alkanes) is 1. The summed E-state index contributed by atoms with van der Waals surface area (Å²) in [6.45, 7) is 8.31. The van der Waals surface area contributed by atoms with Gasteiger partial charge in [0.1, 0.15) is 5.75 Å². The van der Waals surface area contributed by atoms with Crippen LogP contribution in [0.1, 0.15) is 58.6 Å². The first-order valence-corrected chi connectivity index (χ1v) is 6.99. The van der Waals surface area contributed by atoms with E-state index in [9.17, 15) is 5.11 Å². The molecule has 1 aromatic carbocycles. The van der Waals surface area contributed by atoms with Crippen LogP contribution in [0.25, 0.3) is 0 Å². The maximum atomic E-state index is 10.2. The number of hydrogen-bond donors (Lipinski definition) is 1. The molecule has 0 aromatic heterocycles. The summed E-state index contributed by atoms with van der Waals surface area (Å²) in [6, 6.07) is 7.80. The molecule has 0 aliphatic carbocycles. The predicted molar refractivity (Wildman–Crippen MR) is 75.9 cm³/mol. The molecule has 2 nitrogen and oxygen atoms in total. The SMILES string of the molecule is CCCCC(C)C(O)c1ccc(OC(C)C)cc1. The molecule has 0 bridgehead atoms. The van der Waals surface area contributed by atoms with E-state index in [2.05, 4.69) is 13.8 Å². The first-order valence-electron chi connectivity index (χ1n) is 6.99. The van der Waals surface area contributed by atoms with Crippen LogP contribution in [0.15, 0.2) is 24.3 Å². The molecule has 1 N–H and O–H groups in total. The normalized spacial score (nSPS) is 14.6.